The van der Waals surface area contributed by atoms with Gasteiger partial charge in [-0.2, -0.15) is 0 Å². The van der Waals surface area contributed by atoms with E-state index >= 15 is 0 Å². The van der Waals surface area contributed by atoms with Gasteiger partial charge in [-0.15, -0.1) is 0 Å². The fourth-order valence-corrected chi connectivity index (χ4v) is 0.0295. The Morgan fingerprint density at radius 3 is 2.25 bits per heavy atom. The van der Waals surface area contributed by atoms with E-state index < -0.39 is 0 Å². The SMILES string of the molecule is O=C1[B]N1. The van der Waals surface area contributed by atoms with Gasteiger partial charge in [-0.1, -0.05) is 0 Å². The van der Waals surface area contributed by atoms with E-state index in [4.69, 9.17) is 0 Å². The molecule has 0 aromatic carbocycles. The quantitative estimate of drug-likeness (QED) is 0.289. The Bertz CT molecular complexity index is 46.0. The van der Waals surface area contributed by atoms with Gasteiger partial charge in [0.2, 0.25) is 0 Å². The molecule has 0 spiro atoms. The number of hydrogen-bond donors (Lipinski definition) is 1. The molecule has 2 nitrogen and oxygen atoms in total. The Morgan fingerprint density at radius 1 is 2.00 bits per heavy atom. The number of nitrogens with one attached hydrogen (secondary N) is 1. The van der Waals surface area contributed by atoms with Gasteiger partial charge < -0.3 is 5.23 Å². The Kier molecular flexibility index (Phi) is 0.132. The van der Waals surface area contributed by atoms with E-state index in [0.29, 0.717) is 0 Å². The largest absolute Gasteiger partial charge is 0.401 e. The molecule has 1 heterocycles. The standard InChI is InChI=1S/CHBNO/c4-1-2-3-1/h(H,3,4). The number of hydrogen-bond acceptors (Lipinski definition) is 1. The van der Waals surface area contributed by atoms with Crippen LogP contribution in [-0.2, 0) is 0 Å². The van der Waals surface area contributed by atoms with Crippen molar-refractivity contribution in [3.05, 3.63) is 0 Å². The minimum atomic E-state index is 0.0417. The van der Waals surface area contributed by atoms with Crippen molar-refractivity contribution in [1.82, 2.24) is 5.23 Å². The second-order valence-electron chi connectivity index (χ2n) is 0.653. The second-order valence-corrected chi connectivity index (χ2v) is 0.653. The van der Waals surface area contributed by atoms with E-state index in [1.807, 2.05) is 0 Å². The molecule has 1 amide bonds. The maximum Gasteiger partial charge on any atom is 0.361 e. The van der Waals surface area contributed by atoms with Gasteiger partial charge in [0.1, 0.15) is 0 Å². The molecule has 1 aliphatic heterocycles. The van der Waals surface area contributed by atoms with E-state index in [9.17, 15) is 4.79 Å². The lowest BCUT2D eigenvalue weighted by Gasteiger charge is -1.35. The third-order valence-corrected chi connectivity index (χ3v) is 0.262. The van der Waals surface area contributed by atoms with Crippen molar-refractivity contribution in [2.45, 2.75) is 0 Å². The number of amides is 1. The third-order valence-electron chi connectivity index (χ3n) is 0.262. The highest BCUT2D eigenvalue weighted by Crippen LogP contribution is 1.72. The highest BCUT2D eigenvalue weighted by Gasteiger charge is 2.16. The van der Waals surface area contributed by atoms with Crippen molar-refractivity contribution in [2.24, 2.45) is 0 Å². The Morgan fingerprint density at radius 2 is 2.25 bits per heavy atom. The van der Waals surface area contributed by atoms with Crippen LogP contribution in [0.4, 0.5) is 4.79 Å². The zero-order valence-corrected chi connectivity index (χ0v) is 1.99. The molecule has 1 fully saturated rings. The average molecular weight is 53.8 g/mol. The minimum Gasteiger partial charge on any atom is -0.401 e. The Hall–Kier alpha value is -0.465. The van der Waals surface area contributed by atoms with Gasteiger partial charge in [0.05, 0.1) is 0 Å². The summed E-state index contributed by atoms with van der Waals surface area (Å²) in [6, 6.07) is 0. The summed E-state index contributed by atoms with van der Waals surface area (Å²) in [7, 11) is 1.40. The normalized spacial score (nSPS) is 17.5. The van der Waals surface area contributed by atoms with Crippen LogP contribution in [0.15, 0.2) is 0 Å². The summed E-state index contributed by atoms with van der Waals surface area (Å²) >= 11 is 0. The highest BCUT2D eigenvalue weighted by molar-refractivity contribution is 6.89. The molecular weight excluding hydrogens is 52.8 g/mol. The van der Waals surface area contributed by atoms with Crippen LogP contribution in [0, 0.1) is 0 Å². The predicted molar refractivity (Wildman–Crippen MR) is 14.3 cm³/mol. The Balaban J connectivity index is 2.60. The van der Waals surface area contributed by atoms with Crippen LogP contribution in [0.3, 0.4) is 0 Å². The van der Waals surface area contributed by atoms with Gasteiger partial charge in [-0.25, -0.2) is 0 Å². The molecule has 1 radical (unpaired) electrons. The molecule has 0 saturated carbocycles. The lowest BCUT2D eigenvalue weighted by Crippen LogP contribution is -1.63. The molecule has 0 aliphatic carbocycles. The molecule has 19 valence electrons. The lowest BCUT2D eigenvalue weighted by molar-refractivity contribution is 0.269. The van der Waals surface area contributed by atoms with Crippen LogP contribution in [0.25, 0.3) is 0 Å². The summed E-state index contributed by atoms with van der Waals surface area (Å²) in [5.41, 5.74) is 0. The molecular formula is CHBNO. The van der Waals surface area contributed by atoms with Gasteiger partial charge in [0, 0.05) is 0 Å². The van der Waals surface area contributed by atoms with E-state index in [2.05, 4.69) is 5.23 Å². The van der Waals surface area contributed by atoms with Crippen LogP contribution in [0.1, 0.15) is 0 Å². The van der Waals surface area contributed by atoms with Crippen LogP contribution < -0.4 is 5.23 Å². The third kappa shape index (κ3) is 0.0684. The first-order chi connectivity index (χ1) is 1.89. The zero-order chi connectivity index (χ0) is 2.99. The fraction of sp³-hybridized carbons (Fsp3) is 0. The highest BCUT2D eigenvalue weighted by atomic mass is 16.2. The molecule has 3 heteroatoms. The van der Waals surface area contributed by atoms with Gasteiger partial charge in [-0.3, -0.25) is 4.79 Å². The lowest BCUT2D eigenvalue weighted by atomic mass is 10.2. The average Bonchev–Trinajstić information content (AvgIpc) is 1.75. The first kappa shape index (κ1) is 1.82. The van der Waals surface area contributed by atoms with Gasteiger partial charge in [0.25, 0.3) is 0 Å². The van der Waals surface area contributed by atoms with Gasteiger partial charge in [-0.05, 0) is 0 Å². The van der Waals surface area contributed by atoms with Crippen LogP contribution >= 0.6 is 0 Å². The van der Waals surface area contributed by atoms with Crippen LogP contribution in [0.5, 0.6) is 0 Å². The minimum absolute atomic E-state index is 0.0417. The van der Waals surface area contributed by atoms with Crippen molar-refractivity contribution in [3.8, 4) is 0 Å². The maximum absolute atomic E-state index is 9.39. The molecule has 0 bridgehead atoms. The van der Waals surface area contributed by atoms with E-state index in [-0.39, 0.29) is 5.81 Å². The molecule has 1 N–H and O–H groups in total. The molecule has 0 aromatic heterocycles. The molecule has 4 heavy (non-hydrogen) atoms. The predicted octanol–water partition coefficient (Wildman–Crippen LogP) is -0.671. The van der Waals surface area contributed by atoms with Crippen molar-refractivity contribution in [3.63, 3.8) is 0 Å². The number of rotatable bonds is 0. The van der Waals surface area contributed by atoms with Crippen LogP contribution in [-0.4, -0.2) is 13.2 Å². The van der Waals surface area contributed by atoms with Crippen molar-refractivity contribution in [2.75, 3.05) is 0 Å². The Labute approximate surface area is 24.5 Å². The van der Waals surface area contributed by atoms with Crippen molar-refractivity contribution < 1.29 is 4.79 Å². The van der Waals surface area contributed by atoms with Crippen LogP contribution in [0.2, 0.25) is 0 Å². The topological polar surface area (TPSA) is 39.0 Å². The summed E-state index contributed by atoms with van der Waals surface area (Å²) < 4.78 is 0. The van der Waals surface area contributed by atoms with E-state index in [1.165, 1.54) is 7.41 Å². The summed E-state index contributed by atoms with van der Waals surface area (Å²) in [4.78, 5) is 9.39. The monoisotopic (exact) mass is 54.0 g/mol. The first-order valence-electron chi connectivity index (χ1n) is 1.03. The van der Waals surface area contributed by atoms with Crippen molar-refractivity contribution in [1.29, 1.82) is 0 Å². The number of carbonyl (C=O) groups excluding carboxylic acids is 1. The molecule has 1 rings (SSSR count). The first-order valence-corrected chi connectivity index (χ1v) is 1.03. The molecule has 0 aromatic rings. The summed E-state index contributed by atoms with van der Waals surface area (Å²) in [5.74, 6) is 0.0417. The fourth-order valence-electron chi connectivity index (χ4n) is 0.0295. The maximum atomic E-state index is 9.39. The smallest absolute Gasteiger partial charge is 0.361 e. The second kappa shape index (κ2) is 0.290. The summed E-state index contributed by atoms with van der Waals surface area (Å²) in [5, 5.41) is 2.33. The summed E-state index contributed by atoms with van der Waals surface area (Å²) in [6.07, 6.45) is 0. The van der Waals surface area contributed by atoms with Gasteiger partial charge in [0.15, 0.2) is 5.81 Å². The van der Waals surface area contributed by atoms with Gasteiger partial charge >= 0.3 is 7.41 Å². The number of carbonyl (C=O) groups is 1. The molecule has 1 saturated heterocycles. The van der Waals surface area contributed by atoms with E-state index in [1.54, 1.807) is 0 Å². The molecule has 0 atom stereocenters. The summed E-state index contributed by atoms with van der Waals surface area (Å²) in [6.45, 7) is 0. The van der Waals surface area contributed by atoms with Crippen molar-refractivity contribution >= 4 is 13.2 Å². The zero-order valence-electron chi connectivity index (χ0n) is 1.99. The molecule has 1 aliphatic rings. The molecule has 0 unspecified atom stereocenters. The van der Waals surface area contributed by atoms with E-state index in [0.717, 1.165) is 0 Å².